The van der Waals surface area contributed by atoms with E-state index in [2.05, 4.69) is 16.0 Å². The molecule has 0 aromatic heterocycles. The van der Waals surface area contributed by atoms with Gasteiger partial charge in [0.25, 0.3) is 0 Å². The molecule has 2 atom stereocenters. The molecule has 2 fully saturated rings. The zero-order valence-corrected chi connectivity index (χ0v) is 9.03. The second-order valence-corrected chi connectivity index (χ2v) is 4.85. The summed E-state index contributed by atoms with van der Waals surface area (Å²) < 4.78 is 0. The van der Waals surface area contributed by atoms with Gasteiger partial charge in [-0.2, -0.15) is 0 Å². The molecule has 1 amide bonds. The predicted molar refractivity (Wildman–Crippen MR) is 58.3 cm³/mol. The van der Waals surface area contributed by atoms with Crippen LogP contribution in [-0.2, 0) is 4.79 Å². The van der Waals surface area contributed by atoms with Crippen molar-refractivity contribution in [1.82, 2.24) is 16.0 Å². The van der Waals surface area contributed by atoms with E-state index in [4.69, 9.17) is 0 Å². The van der Waals surface area contributed by atoms with E-state index >= 15 is 0 Å². The number of hydrogen-bond donors (Lipinski definition) is 3. The van der Waals surface area contributed by atoms with Crippen molar-refractivity contribution in [3.05, 3.63) is 0 Å². The van der Waals surface area contributed by atoms with Gasteiger partial charge in [0.2, 0.25) is 5.91 Å². The molecule has 3 N–H and O–H groups in total. The molecule has 0 radical (unpaired) electrons. The van der Waals surface area contributed by atoms with Crippen molar-refractivity contribution in [3.8, 4) is 0 Å². The highest BCUT2D eigenvalue weighted by atomic mass is 32.2. The molecule has 0 saturated carbocycles. The van der Waals surface area contributed by atoms with Crippen LogP contribution < -0.4 is 16.0 Å². The van der Waals surface area contributed by atoms with Gasteiger partial charge in [-0.25, -0.2) is 0 Å². The van der Waals surface area contributed by atoms with Crippen molar-refractivity contribution in [1.29, 1.82) is 0 Å². The maximum absolute atomic E-state index is 11.7. The number of rotatable bonds is 2. The van der Waals surface area contributed by atoms with Gasteiger partial charge in [-0.15, -0.1) is 11.8 Å². The maximum atomic E-state index is 11.7. The highest BCUT2D eigenvalue weighted by molar-refractivity contribution is 7.99. The van der Waals surface area contributed by atoms with Crippen LogP contribution in [0, 0.1) is 0 Å². The van der Waals surface area contributed by atoms with Gasteiger partial charge < -0.3 is 10.6 Å². The van der Waals surface area contributed by atoms with Gasteiger partial charge in [-0.3, -0.25) is 10.1 Å². The SMILES string of the molecule is O=C(N[C@@H]1CCCNC1)[C@H]1CSCN1. The van der Waals surface area contributed by atoms with Crippen LogP contribution in [0.3, 0.4) is 0 Å². The second-order valence-electron chi connectivity index (χ2n) is 3.82. The van der Waals surface area contributed by atoms with E-state index in [-0.39, 0.29) is 11.9 Å². The summed E-state index contributed by atoms with van der Waals surface area (Å²) in [5.74, 6) is 1.98. The molecular weight excluding hydrogens is 198 g/mol. The van der Waals surface area contributed by atoms with E-state index in [1.807, 2.05) is 0 Å². The summed E-state index contributed by atoms with van der Waals surface area (Å²) in [6.07, 6.45) is 2.27. The summed E-state index contributed by atoms with van der Waals surface area (Å²) in [7, 11) is 0. The van der Waals surface area contributed by atoms with Gasteiger partial charge in [-0.05, 0) is 19.4 Å². The summed E-state index contributed by atoms with van der Waals surface area (Å²) in [6.45, 7) is 2.01. The predicted octanol–water partition coefficient (Wildman–Crippen LogP) is -0.483. The van der Waals surface area contributed by atoms with E-state index in [9.17, 15) is 4.79 Å². The molecule has 0 spiro atoms. The number of hydrogen-bond acceptors (Lipinski definition) is 4. The number of amides is 1. The number of piperidine rings is 1. The van der Waals surface area contributed by atoms with Crippen molar-refractivity contribution < 1.29 is 4.79 Å². The maximum Gasteiger partial charge on any atom is 0.238 e. The number of carbonyl (C=O) groups excluding carboxylic acids is 1. The van der Waals surface area contributed by atoms with Crippen molar-refractivity contribution in [2.24, 2.45) is 0 Å². The Balaban J connectivity index is 1.75. The largest absolute Gasteiger partial charge is 0.351 e. The van der Waals surface area contributed by atoms with Gasteiger partial charge in [0.1, 0.15) is 0 Å². The van der Waals surface area contributed by atoms with Crippen LogP contribution in [0.1, 0.15) is 12.8 Å². The lowest BCUT2D eigenvalue weighted by molar-refractivity contribution is -0.123. The molecule has 80 valence electrons. The van der Waals surface area contributed by atoms with Gasteiger partial charge in [0, 0.05) is 24.2 Å². The molecule has 0 bridgehead atoms. The van der Waals surface area contributed by atoms with Crippen molar-refractivity contribution in [2.75, 3.05) is 24.7 Å². The van der Waals surface area contributed by atoms with Crippen LogP contribution in [-0.4, -0.2) is 42.7 Å². The Hall–Kier alpha value is -0.260. The van der Waals surface area contributed by atoms with Crippen molar-refractivity contribution in [3.63, 3.8) is 0 Å². The zero-order valence-electron chi connectivity index (χ0n) is 8.21. The molecule has 0 aliphatic carbocycles. The zero-order chi connectivity index (χ0) is 9.80. The third-order valence-electron chi connectivity index (χ3n) is 2.68. The normalized spacial score (nSPS) is 32.9. The van der Waals surface area contributed by atoms with E-state index in [0.29, 0.717) is 6.04 Å². The lowest BCUT2D eigenvalue weighted by atomic mass is 10.1. The molecule has 4 nitrogen and oxygen atoms in total. The first-order valence-electron chi connectivity index (χ1n) is 5.18. The van der Waals surface area contributed by atoms with Crippen molar-refractivity contribution >= 4 is 17.7 Å². The molecule has 0 aromatic carbocycles. The van der Waals surface area contributed by atoms with E-state index in [1.165, 1.54) is 0 Å². The minimum absolute atomic E-state index is 0.0296. The van der Waals surface area contributed by atoms with Gasteiger partial charge in [-0.1, -0.05) is 0 Å². The number of thioether (sulfide) groups is 1. The molecule has 0 aromatic rings. The van der Waals surface area contributed by atoms with Gasteiger partial charge in [0.15, 0.2) is 0 Å². The topological polar surface area (TPSA) is 53.2 Å². The Morgan fingerprint density at radius 3 is 3.07 bits per heavy atom. The van der Waals surface area contributed by atoms with Gasteiger partial charge >= 0.3 is 0 Å². The first-order chi connectivity index (χ1) is 6.86. The minimum atomic E-state index is 0.0296. The smallest absolute Gasteiger partial charge is 0.238 e. The summed E-state index contributed by atoms with van der Waals surface area (Å²) in [5.41, 5.74) is 0. The number of carbonyl (C=O) groups is 1. The fourth-order valence-electron chi connectivity index (χ4n) is 1.84. The Kier molecular flexibility index (Phi) is 3.67. The molecule has 2 rings (SSSR count). The quantitative estimate of drug-likeness (QED) is 0.582. The molecular formula is C9H17N3OS. The summed E-state index contributed by atoms with van der Waals surface area (Å²) >= 11 is 1.78. The van der Waals surface area contributed by atoms with Crippen LogP contribution in [0.2, 0.25) is 0 Å². The second kappa shape index (κ2) is 5.00. The molecule has 2 heterocycles. The average molecular weight is 215 g/mol. The van der Waals surface area contributed by atoms with Crippen LogP contribution in [0.15, 0.2) is 0 Å². The molecule has 2 aliphatic heterocycles. The van der Waals surface area contributed by atoms with E-state index < -0.39 is 0 Å². The van der Waals surface area contributed by atoms with Crippen LogP contribution in [0.4, 0.5) is 0 Å². The van der Waals surface area contributed by atoms with Crippen LogP contribution >= 0.6 is 11.8 Å². The van der Waals surface area contributed by atoms with Crippen LogP contribution in [0.25, 0.3) is 0 Å². The summed E-state index contributed by atoms with van der Waals surface area (Å²) in [5, 5.41) is 9.55. The average Bonchev–Trinajstić information content (AvgIpc) is 2.72. The molecule has 2 saturated heterocycles. The Morgan fingerprint density at radius 2 is 2.43 bits per heavy atom. The summed E-state index contributed by atoms with van der Waals surface area (Å²) in [6, 6.07) is 0.366. The lowest BCUT2D eigenvalue weighted by Gasteiger charge is -2.25. The highest BCUT2D eigenvalue weighted by Crippen LogP contribution is 2.10. The molecule has 2 aliphatic rings. The molecule has 5 heteroatoms. The van der Waals surface area contributed by atoms with Crippen LogP contribution in [0.5, 0.6) is 0 Å². The first-order valence-corrected chi connectivity index (χ1v) is 6.34. The third kappa shape index (κ3) is 2.62. The van der Waals surface area contributed by atoms with Crippen molar-refractivity contribution in [2.45, 2.75) is 24.9 Å². The Morgan fingerprint density at radius 1 is 1.50 bits per heavy atom. The fourth-order valence-corrected chi connectivity index (χ4v) is 2.78. The first kappa shape index (κ1) is 10.3. The highest BCUT2D eigenvalue weighted by Gasteiger charge is 2.24. The Labute approximate surface area is 88.6 Å². The summed E-state index contributed by atoms with van der Waals surface area (Å²) in [4.78, 5) is 11.7. The third-order valence-corrected chi connectivity index (χ3v) is 3.62. The standard InChI is InChI=1S/C9H17N3OS/c13-9(8-5-14-6-11-8)12-7-2-1-3-10-4-7/h7-8,10-11H,1-6H2,(H,12,13)/t7-,8-/m1/s1. The van der Waals surface area contributed by atoms with E-state index in [0.717, 1.165) is 37.6 Å². The lowest BCUT2D eigenvalue weighted by Crippen LogP contribution is -2.51. The molecule has 14 heavy (non-hydrogen) atoms. The Bertz CT molecular complexity index is 200. The van der Waals surface area contributed by atoms with E-state index in [1.54, 1.807) is 11.8 Å². The fraction of sp³-hybridized carbons (Fsp3) is 0.889. The number of nitrogens with one attached hydrogen (secondary N) is 3. The minimum Gasteiger partial charge on any atom is -0.351 e. The molecule has 0 unspecified atom stereocenters. The monoisotopic (exact) mass is 215 g/mol. The van der Waals surface area contributed by atoms with Gasteiger partial charge in [0.05, 0.1) is 6.04 Å².